The van der Waals surface area contributed by atoms with Gasteiger partial charge in [-0.2, -0.15) is 0 Å². The molecule has 0 aromatic heterocycles. The number of halogens is 1. The normalized spacial score (nSPS) is 14.6. The summed E-state index contributed by atoms with van der Waals surface area (Å²) in [6.45, 7) is 3.64. The second-order valence-electron chi connectivity index (χ2n) is 3.86. The lowest BCUT2D eigenvalue weighted by molar-refractivity contribution is 0.120. The van der Waals surface area contributed by atoms with Crippen LogP contribution in [-0.4, -0.2) is 24.9 Å². The molecule has 1 aromatic carbocycles. The zero-order valence-electron chi connectivity index (χ0n) is 9.83. The van der Waals surface area contributed by atoms with Gasteiger partial charge in [0.25, 0.3) is 0 Å². The highest BCUT2D eigenvalue weighted by Gasteiger charge is 2.09. The highest BCUT2D eigenvalue weighted by atomic mass is 19.1. The Labute approximate surface area is 95.2 Å². The van der Waals surface area contributed by atoms with Gasteiger partial charge in [-0.3, -0.25) is 0 Å². The lowest BCUT2D eigenvalue weighted by Crippen LogP contribution is -2.14. The Balaban J connectivity index is 2.75. The maximum absolute atomic E-state index is 13.6. The fraction of sp³-hybridized carbons (Fsp3) is 0.500. The maximum atomic E-state index is 13.6. The molecule has 0 heterocycles. The summed E-state index contributed by atoms with van der Waals surface area (Å²) in [5.41, 5.74) is 0.865. The highest BCUT2D eigenvalue weighted by molar-refractivity contribution is 5.30. The van der Waals surface area contributed by atoms with Crippen molar-refractivity contribution in [2.24, 2.45) is 0 Å². The van der Waals surface area contributed by atoms with Crippen LogP contribution in [0.4, 0.5) is 4.39 Å². The molecule has 1 rings (SSSR count). The molecular formula is C12H18FNO2. The molecule has 0 aliphatic heterocycles. The van der Waals surface area contributed by atoms with Gasteiger partial charge in [-0.15, -0.1) is 0 Å². The largest absolute Gasteiger partial charge is 0.488 e. The molecule has 0 saturated heterocycles. The van der Waals surface area contributed by atoms with Crippen molar-refractivity contribution >= 4 is 0 Å². The van der Waals surface area contributed by atoms with Gasteiger partial charge in [-0.05, 0) is 38.6 Å². The first-order chi connectivity index (χ1) is 7.54. The summed E-state index contributed by atoms with van der Waals surface area (Å²) in [7, 11) is 1.82. The molecule has 0 spiro atoms. The van der Waals surface area contributed by atoms with E-state index in [1.807, 2.05) is 20.0 Å². The molecule has 0 amide bonds. The second-order valence-corrected chi connectivity index (χ2v) is 3.86. The Morgan fingerprint density at radius 3 is 2.62 bits per heavy atom. The lowest BCUT2D eigenvalue weighted by Gasteiger charge is -2.13. The molecule has 0 aliphatic rings. The van der Waals surface area contributed by atoms with Gasteiger partial charge in [0.1, 0.15) is 6.61 Å². The van der Waals surface area contributed by atoms with Gasteiger partial charge < -0.3 is 15.2 Å². The SMILES string of the molecule is CNC(C)c1ccc(OCC(C)O)c(F)c1. The van der Waals surface area contributed by atoms with Crippen LogP contribution in [0.2, 0.25) is 0 Å². The predicted molar refractivity (Wildman–Crippen MR) is 61.1 cm³/mol. The average molecular weight is 227 g/mol. The average Bonchev–Trinajstić information content (AvgIpc) is 2.26. The lowest BCUT2D eigenvalue weighted by atomic mass is 10.1. The summed E-state index contributed by atoms with van der Waals surface area (Å²) in [4.78, 5) is 0. The maximum Gasteiger partial charge on any atom is 0.165 e. The Bertz CT molecular complexity index is 342. The van der Waals surface area contributed by atoms with Crippen LogP contribution >= 0.6 is 0 Å². The highest BCUT2D eigenvalue weighted by Crippen LogP contribution is 2.21. The smallest absolute Gasteiger partial charge is 0.165 e. The Morgan fingerprint density at radius 1 is 1.44 bits per heavy atom. The number of rotatable bonds is 5. The van der Waals surface area contributed by atoms with Crippen molar-refractivity contribution < 1.29 is 14.2 Å². The van der Waals surface area contributed by atoms with Crippen molar-refractivity contribution in [3.8, 4) is 5.75 Å². The standard InChI is InChI=1S/C12H18FNO2/c1-8(15)7-16-12-5-4-10(6-11(12)13)9(2)14-3/h4-6,8-9,14-15H,7H2,1-3H3. The molecule has 1 aromatic rings. The summed E-state index contributed by atoms with van der Waals surface area (Å²) in [6.07, 6.45) is -0.602. The first-order valence-corrected chi connectivity index (χ1v) is 5.32. The first kappa shape index (κ1) is 12.9. The van der Waals surface area contributed by atoms with E-state index in [9.17, 15) is 4.39 Å². The zero-order chi connectivity index (χ0) is 12.1. The summed E-state index contributed by atoms with van der Waals surface area (Å²) in [5.74, 6) is -0.229. The van der Waals surface area contributed by atoms with E-state index >= 15 is 0 Å². The Hall–Kier alpha value is -1.13. The van der Waals surface area contributed by atoms with Crippen molar-refractivity contribution in [2.45, 2.75) is 26.0 Å². The van der Waals surface area contributed by atoms with Crippen LogP contribution in [0.15, 0.2) is 18.2 Å². The monoisotopic (exact) mass is 227 g/mol. The fourth-order valence-electron chi connectivity index (χ4n) is 1.28. The third kappa shape index (κ3) is 3.47. The Kier molecular flexibility index (Phi) is 4.71. The summed E-state index contributed by atoms with van der Waals surface area (Å²) < 4.78 is 18.7. The number of nitrogens with one attached hydrogen (secondary N) is 1. The molecule has 2 N–H and O–H groups in total. The topological polar surface area (TPSA) is 41.5 Å². The fourth-order valence-corrected chi connectivity index (χ4v) is 1.28. The van der Waals surface area contributed by atoms with Crippen molar-refractivity contribution in [3.63, 3.8) is 0 Å². The molecule has 3 nitrogen and oxygen atoms in total. The quantitative estimate of drug-likeness (QED) is 0.806. The number of hydrogen-bond donors (Lipinski definition) is 2. The molecule has 2 unspecified atom stereocenters. The van der Waals surface area contributed by atoms with Gasteiger partial charge in [0, 0.05) is 6.04 Å². The van der Waals surface area contributed by atoms with Crippen LogP contribution in [0.5, 0.6) is 5.75 Å². The van der Waals surface area contributed by atoms with Crippen molar-refractivity contribution in [1.82, 2.24) is 5.32 Å². The van der Waals surface area contributed by atoms with Crippen molar-refractivity contribution in [2.75, 3.05) is 13.7 Å². The van der Waals surface area contributed by atoms with E-state index in [0.717, 1.165) is 5.56 Å². The predicted octanol–water partition coefficient (Wildman–Crippen LogP) is 1.87. The van der Waals surface area contributed by atoms with E-state index in [1.165, 1.54) is 6.07 Å². The van der Waals surface area contributed by atoms with Crippen LogP contribution in [0.1, 0.15) is 25.5 Å². The van der Waals surface area contributed by atoms with Crippen molar-refractivity contribution in [1.29, 1.82) is 0 Å². The molecule has 4 heteroatoms. The van der Waals surface area contributed by atoms with E-state index in [2.05, 4.69) is 5.32 Å². The molecule has 16 heavy (non-hydrogen) atoms. The minimum absolute atomic E-state index is 0.0951. The number of benzene rings is 1. The van der Waals surface area contributed by atoms with Gasteiger partial charge >= 0.3 is 0 Å². The number of ether oxygens (including phenoxy) is 1. The van der Waals surface area contributed by atoms with Gasteiger partial charge in [0.05, 0.1) is 6.10 Å². The van der Waals surface area contributed by atoms with E-state index in [4.69, 9.17) is 9.84 Å². The van der Waals surface area contributed by atoms with E-state index < -0.39 is 11.9 Å². The number of hydrogen-bond acceptors (Lipinski definition) is 3. The van der Waals surface area contributed by atoms with Crippen LogP contribution in [0, 0.1) is 5.82 Å². The van der Waals surface area contributed by atoms with Gasteiger partial charge in [-0.1, -0.05) is 6.07 Å². The first-order valence-electron chi connectivity index (χ1n) is 5.32. The molecule has 0 radical (unpaired) electrons. The molecular weight excluding hydrogens is 209 g/mol. The number of aliphatic hydroxyl groups excluding tert-OH is 1. The van der Waals surface area contributed by atoms with Gasteiger partial charge in [-0.25, -0.2) is 4.39 Å². The Morgan fingerprint density at radius 2 is 2.12 bits per heavy atom. The molecule has 0 fully saturated rings. The summed E-state index contributed by atoms with van der Waals surface area (Å²) in [6, 6.07) is 4.93. The number of aliphatic hydroxyl groups is 1. The van der Waals surface area contributed by atoms with Crippen LogP contribution in [0.25, 0.3) is 0 Å². The van der Waals surface area contributed by atoms with Crippen molar-refractivity contribution in [3.05, 3.63) is 29.6 Å². The van der Waals surface area contributed by atoms with Crippen LogP contribution < -0.4 is 10.1 Å². The minimum Gasteiger partial charge on any atom is -0.488 e. The minimum atomic E-state index is -0.602. The third-order valence-corrected chi connectivity index (χ3v) is 2.37. The van der Waals surface area contributed by atoms with E-state index in [0.29, 0.717) is 0 Å². The summed E-state index contributed by atoms with van der Waals surface area (Å²) in [5, 5.41) is 12.1. The molecule has 0 bridgehead atoms. The van der Waals surface area contributed by atoms with Crippen LogP contribution in [-0.2, 0) is 0 Å². The molecule has 2 atom stereocenters. The molecule has 0 saturated carbocycles. The van der Waals surface area contributed by atoms with Gasteiger partial charge in [0.15, 0.2) is 11.6 Å². The third-order valence-electron chi connectivity index (χ3n) is 2.37. The molecule has 0 aliphatic carbocycles. The van der Waals surface area contributed by atoms with E-state index in [1.54, 1.807) is 13.0 Å². The molecule has 90 valence electrons. The second kappa shape index (κ2) is 5.82. The van der Waals surface area contributed by atoms with Crippen LogP contribution in [0.3, 0.4) is 0 Å². The van der Waals surface area contributed by atoms with E-state index in [-0.39, 0.29) is 18.4 Å². The summed E-state index contributed by atoms with van der Waals surface area (Å²) >= 11 is 0. The van der Waals surface area contributed by atoms with Gasteiger partial charge in [0.2, 0.25) is 0 Å². The zero-order valence-corrected chi connectivity index (χ0v) is 9.83.